The summed E-state index contributed by atoms with van der Waals surface area (Å²) in [5, 5.41) is 10.7. The van der Waals surface area contributed by atoms with Gasteiger partial charge in [0.1, 0.15) is 17.9 Å². The number of carbonyl (C=O) groups excluding carboxylic acids is 2. The highest BCUT2D eigenvalue weighted by molar-refractivity contribution is 5.96. The van der Waals surface area contributed by atoms with Crippen molar-refractivity contribution in [1.29, 1.82) is 0 Å². The molecule has 0 aliphatic carbocycles. The van der Waals surface area contributed by atoms with Crippen LogP contribution in [-0.2, 0) is 27.8 Å². The van der Waals surface area contributed by atoms with Gasteiger partial charge < -0.3 is 19.4 Å². The van der Waals surface area contributed by atoms with Gasteiger partial charge in [0, 0.05) is 7.05 Å². The van der Waals surface area contributed by atoms with Gasteiger partial charge in [-0.15, -0.1) is 0 Å². The lowest BCUT2D eigenvalue weighted by Gasteiger charge is -2.02. The molecule has 1 aromatic rings. The lowest BCUT2D eigenvalue weighted by molar-refractivity contribution is -0.390. The first kappa shape index (κ1) is 13.8. The number of nitrogens with zero attached hydrogens (tertiary/aromatic N) is 3. The van der Waals surface area contributed by atoms with Crippen LogP contribution in [0.15, 0.2) is 6.33 Å². The van der Waals surface area contributed by atoms with Crippen molar-refractivity contribution in [3.8, 4) is 0 Å². The largest absolute Gasteiger partial charge is 0.466 e. The van der Waals surface area contributed by atoms with Crippen LogP contribution in [0.25, 0.3) is 0 Å². The topological polar surface area (TPSA) is 104 Å². The average molecular weight is 255 g/mol. The van der Waals surface area contributed by atoms with Crippen molar-refractivity contribution in [3.63, 3.8) is 0 Å². The molecule has 0 aliphatic rings. The maximum absolute atomic E-state index is 11.6. The van der Waals surface area contributed by atoms with E-state index in [1.54, 1.807) is 14.0 Å². The van der Waals surface area contributed by atoms with Crippen molar-refractivity contribution < 1.29 is 19.2 Å². The normalized spacial score (nSPS) is 10.1. The van der Waals surface area contributed by atoms with E-state index in [2.05, 4.69) is 9.72 Å². The summed E-state index contributed by atoms with van der Waals surface area (Å²) in [5.74, 6) is -1.44. The monoisotopic (exact) mass is 255 g/mol. The Kier molecular flexibility index (Phi) is 4.52. The zero-order valence-electron chi connectivity index (χ0n) is 10.1. The number of hydrogen-bond donors (Lipinski definition) is 0. The fourth-order valence-corrected chi connectivity index (χ4v) is 1.42. The average Bonchev–Trinajstić information content (AvgIpc) is 2.60. The number of nitro groups is 1. The molecule has 0 fully saturated rings. The van der Waals surface area contributed by atoms with Gasteiger partial charge in [0.15, 0.2) is 0 Å². The lowest BCUT2D eigenvalue weighted by Crippen LogP contribution is -2.15. The highest BCUT2D eigenvalue weighted by Gasteiger charge is 2.23. The number of hydrogen-bond acceptors (Lipinski definition) is 6. The summed E-state index contributed by atoms with van der Waals surface area (Å²) in [6, 6.07) is 0. The van der Waals surface area contributed by atoms with Crippen LogP contribution >= 0.6 is 0 Å². The zero-order valence-corrected chi connectivity index (χ0v) is 10.1. The SMILES string of the molecule is CCOC(=O)CC(=O)Cc1c([N+](=O)[O-])ncn1C. The second-order valence-corrected chi connectivity index (χ2v) is 3.58. The summed E-state index contributed by atoms with van der Waals surface area (Å²) in [7, 11) is 1.55. The van der Waals surface area contributed by atoms with E-state index in [4.69, 9.17) is 0 Å². The summed E-state index contributed by atoms with van der Waals surface area (Å²) in [4.78, 5) is 36.2. The molecule has 1 rings (SSSR count). The minimum Gasteiger partial charge on any atom is -0.466 e. The van der Waals surface area contributed by atoms with E-state index < -0.39 is 23.1 Å². The first-order valence-corrected chi connectivity index (χ1v) is 5.27. The molecule has 0 aromatic carbocycles. The van der Waals surface area contributed by atoms with Gasteiger partial charge in [0.2, 0.25) is 6.33 Å². The van der Waals surface area contributed by atoms with Crippen LogP contribution in [0, 0.1) is 10.1 Å². The quantitative estimate of drug-likeness (QED) is 0.315. The van der Waals surface area contributed by atoms with Crippen molar-refractivity contribution in [2.75, 3.05) is 6.61 Å². The van der Waals surface area contributed by atoms with Crippen LogP contribution in [0.5, 0.6) is 0 Å². The minimum absolute atomic E-state index is 0.175. The van der Waals surface area contributed by atoms with Crippen LogP contribution in [0.2, 0.25) is 0 Å². The number of rotatable bonds is 6. The summed E-state index contributed by atoms with van der Waals surface area (Å²) in [6.07, 6.45) is 0.646. The van der Waals surface area contributed by atoms with Gasteiger partial charge in [-0.3, -0.25) is 9.59 Å². The molecule has 0 radical (unpaired) electrons. The van der Waals surface area contributed by atoms with E-state index in [1.165, 1.54) is 10.9 Å². The first-order valence-electron chi connectivity index (χ1n) is 5.27. The smallest absolute Gasteiger partial charge is 0.385 e. The summed E-state index contributed by atoms with van der Waals surface area (Å²) < 4.78 is 6.01. The molecule has 0 saturated heterocycles. The molecule has 0 aliphatic heterocycles. The Morgan fingerprint density at radius 1 is 1.56 bits per heavy atom. The summed E-state index contributed by atoms with van der Waals surface area (Å²) in [5.41, 5.74) is 0.175. The third-order valence-electron chi connectivity index (χ3n) is 2.22. The molecule has 8 nitrogen and oxygen atoms in total. The molecule has 8 heteroatoms. The third-order valence-corrected chi connectivity index (χ3v) is 2.22. The fraction of sp³-hybridized carbons (Fsp3) is 0.500. The number of ketones is 1. The Bertz CT molecular complexity index is 480. The van der Waals surface area contributed by atoms with Gasteiger partial charge >= 0.3 is 11.8 Å². The van der Waals surface area contributed by atoms with E-state index in [-0.39, 0.29) is 24.5 Å². The molecule has 0 saturated carbocycles. The van der Waals surface area contributed by atoms with Crippen molar-refractivity contribution in [3.05, 3.63) is 22.1 Å². The molecule has 1 aromatic heterocycles. The highest BCUT2D eigenvalue weighted by Crippen LogP contribution is 2.16. The molecule has 0 atom stereocenters. The number of imidazole rings is 1. The lowest BCUT2D eigenvalue weighted by atomic mass is 10.1. The summed E-state index contributed by atoms with van der Waals surface area (Å²) in [6.45, 7) is 1.83. The number of aromatic nitrogens is 2. The molecule has 98 valence electrons. The second-order valence-electron chi connectivity index (χ2n) is 3.58. The molecule has 0 N–H and O–H groups in total. The van der Waals surface area contributed by atoms with E-state index in [0.717, 1.165) is 0 Å². The number of ether oxygens (including phenoxy) is 1. The van der Waals surface area contributed by atoms with Crippen LogP contribution in [0.4, 0.5) is 5.82 Å². The molecule has 0 spiro atoms. The Hall–Kier alpha value is -2.25. The molecular weight excluding hydrogens is 242 g/mol. The molecule has 0 amide bonds. The van der Waals surface area contributed by atoms with Gasteiger partial charge in [-0.25, -0.2) is 0 Å². The van der Waals surface area contributed by atoms with Crippen LogP contribution in [0.1, 0.15) is 19.0 Å². The Morgan fingerprint density at radius 2 is 2.22 bits per heavy atom. The standard InChI is InChI=1S/C10H13N3O5/c1-3-18-9(15)5-7(14)4-8-10(13(16)17)11-6-12(8)2/h6H,3-5H2,1-2H3. The number of carbonyl (C=O) groups is 2. The summed E-state index contributed by atoms with van der Waals surface area (Å²) >= 11 is 0. The van der Waals surface area contributed by atoms with Gasteiger partial charge in [-0.1, -0.05) is 0 Å². The van der Waals surface area contributed by atoms with Gasteiger partial charge in [-0.05, 0) is 16.8 Å². The minimum atomic E-state index is -0.660. The van der Waals surface area contributed by atoms with Crippen LogP contribution in [-0.4, -0.2) is 32.8 Å². The number of aryl methyl sites for hydroxylation is 1. The van der Waals surface area contributed by atoms with Gasteiger partial charge in [-0.2, -0.15) is 0 Å². The van der Waals surface area contributed by atoms with E-state index >= 15 is 0 Å². The molecule has 18 heavy (non-hydrogen) atoms. The number of esters is 1. The van der Waals surface area contributed by atoms with E-state index in [1.807, 2.05) is 0 Å². The Balaban J connectivity index is 2.73. The third kappa shape index (κ3) is 3.37. The Morgan fingerprint density at radius 3 is 2.78 bits per heavy atom. The predicted octanol–water partition coefficient (Wildman–Crippen LogP) is 0.393. The van der Waals surface area contributed by atoms with Crippen LogP contribution < -0.4 is 0 Å². The van der Waals surface area contributed by atoms with Gasteiger partial charge in [0.05, 0.1) is 13.0 Å². The van der Waals surface area contributed by atoms with E-state index in [9.17, 15) is 19.7 Å². The van der Waals surface area contributed by atoms with Crippen LogP contribution in [0.3, 0.4) is 0 Å². The molecular formula is C10H13N3O5. The van der Waals surface area contributed by atoms with E-state index in [0.29, 0.717) is 0 Å². The molecule has 1 heterocycles. The van der Waals surface area contributed by atoms with Gasteiger partial charge in [0.25, 0.3) is 0 Å². The maximum atomic E-state index is 11.6. The van der Waals surface area contributed by atoms with Crippen molar-refractivity contribution in [2.45, 2.75) is 19.8 Å². The molecule has 0 unspecified atom stereocenters. The zero-order chi connectivity index (χ0) is 13.7. The highest BCUT2D eigenvalue weighted by atomic mass is 16.6. The van der Waals surface area contributed by atoms with Crippen molar-refractivity contribution in [2.24, 2.45) is 7.05 Å². The fourth-order valence-electron chi connectivity index (χ4n) is 1.42. The molecule has 0 bridgehead atoms. The first-order chi connectivity index (χ1) is 8.45. The Labute approximate surface area is 103 Å². The van der Waals surface area contributed by atoms with Crippen molar-refractivity contribution in [1.82, 2.24) is 9.55 Å². The number of Topliss-reactive ketones (excluding diaryl/α,β-unsaturated/α-hetero) is 1. The van der Waals surface area contributed by atoms with Crippen molar-refractivity contribution >= 4 is 17.6 Å². The second kappa shape index (κ2) is 5.89. The predicted molar refractivity (Wildman–Crippen MR) is 59.8 cm³/mol. The maximum Gasteiger partial charge on any atom is 0.385 e.